The van der Waals surface area contributed by atoms with Gasteiger partial charge in [0, 0.05) is 0 Å². The minimum Gasteiger partial charge on any atom is -2.00 e. The van der Waals surface area contributed by atoms with E-state index in [0.29, 0.717) is 0 Å². The first-order valence-electron chi connectivity index (χ1n) is 0.204. The Balaban J connectivity index is -0.00000000167. The summed E-state index contributed by atoms with van der Waals surface area (Å²) < 4.78 is 8.06. The summed E-state index contributed by atoms with van der Waals surface area (Å²) in [7, 11) is 1.72. The molecule has 5 heavy (non-hydrogen) atoms. The topological polar surface area (TPSA) is 45.6 Å². The zero-order chi connectivity index (χ0) is 2.00. The molecule has 0 aliphatic heterocycles. The molecule has 2 nitrogen and oxygen atoms in total. The molecule has 0 N–H and O–H groups in total. The van der Waals surface area contributed by atoms with E-state index in [9.17, 15) is 0 Å². The molecule has 0 aromatic carbocycles. The molecule has 0 unspecified atom stereocenters. The monoisotopic (exact) mass is 115 g/mol. The molecule has 0 bridgehead atoms. The van der Waals surface area contributed by atoms with E-state index in [2.05, 4.69) is 0 Å². The quantitative estimate of drug-likeness (QED) is 0.359. The number of rotatable bonds is 0. The molecule has 0 aromatic heterocycles. The average Bonchev–Trinajstić information content (AvgIpc) is 1.00. The van der Waals surface area contributed by atoms with Gasteiger partial charge in [-0.15, -0.1) is 0 Å². The predicted octanol–water partition coefficient (Wildman–Crippen LogP) is -1.38. The van der Waals surface area contributed by atoms with Gasteiger partial charge in [0.2, 0.25) is 0 Å². The van der Waals surface area contributed by atoms with Crippen LogP contribution >= 0.6 is 0 Å². The molecular formula is AlO2Si2+7. The third-order valence-electron chi connectivity index (χ3n) is 0. The predicted molar refractivity (Wildman–Crippen MR) is 18.6 cm³/mol. The standard InChI is InChI=1S/Al.OSi.O.Si/c;1-2;;/q+3;+2;-2;+4. The molecular weight excluding hydrogens is 115 g/mol. The number of hydrogen-bond donors (Lipinski definition) is 0. The first-order chi connectivity index (χ1) is 1.00. The van der Waals surface area contributed by atoms with Crippen molar-refractivity contribution in [3.05, 3.63) is 0 Å². The molecule has 0 aliphatic rings. The van der Waals surface area contributed by atoms with Crippen molar-refractivity contribution in [2.45, 2.75) is 0 Å². The van der Waals surface area contributed by atoms with Crippen LogP contribution in [0.2, 0.25) is 0 Å². The van der Waals surface area contributed by atoms with Crippen molar-refractivity contribution in [2.75, 3.05) is 0 Å². The van der Waals surface area contributed by atoms with Crippen LogP contribution in [0.5, 0.6) is 0 Å². The Morgan fingerprint density at radius 3 is 1.20 bits per heavy atom. The van der Waals surface area contributed by atoms with Gasteiger partial charge in [-0.25, -0.2) is 0 Å². The van der Waals surface area contributed by atoms with Crippen molar-refractivity contribution >= 4 is 38.5 Å². The molecule has 0 aromatic rings. The van der Waals surface area contributed by atoms with Crippen LogP contribution in [0.15, 0.2) is 0 Å². The Kier molecular flexibility index (Phi) is 1070. The summed E-state index contributed by atoms with van der Waals surface area (Å²) in [4.78, 5) is 0. The molecule has 0 saturated carbocycles. The molecule has 5 heteroatoms. The number of hydrogen-bond acceptors (Lipinski definition) is 1. The van der Waals surface area contributed by atoms with Gasteiger partial charge in [0.15, 0.2) is 0 Å². The van der Waals surface area contributed by atoms with Gasteiger partial charge in [-0.1, -0.05) is 0 Å². The first kappa shape index (κ1) is 42.9. The van der Waals surface area contributed by atoms with Gasteiger partial charge in [0.05, 0.1) is 0 Å². The normalized spacial score (nSPS) is 1.20. The SMILES string of the molecule is O=[Si+2].[Al+3].[O-2].[Si+4]. The summed E-state index contributed by atoms with van der Waals surface area (Å²) in [5, 5.41) is 0. The largest absolute Gasteiger partial charge is 4.00 e. The molecule has 0 atom stereocenters. The second-order valence-electron chi connectivity index (χ2n) is 0. The maximum absolute atomic E-state index is 8.06. The van der Waals surface area contributed by atoms with Gasteiger partial charge in [0.25, 0.3) is 0 Å². The van der Waals surface area contributed by atoms with Gasteiger partial charge in [-0.2, -0.15) is 0 Å². The molecule has 0 radical (unpaired) electrons. The molecule has 0 rings (SSSR count). The van der Waals surface area contributed by atoms with E-state index >= 15 is 0 Å². The van der Waals surface area contributed by atoms with Crippen molar-refractivity contribution in [3.63, 3.8) is 0 Å². The average molecular weight is 115 g/mol. The Morgan fingerprint density at radius 1 is 1.20 bits per heavy atom. The van der Waals surface area contributed by atoms with Crippen molar-refractivity contribution in [1.29, 1.82) is 0 Å². The Labute approximate surface area is 48.9 Å². The Bertz CT molecular complexity index is 7.61. The Hall–Kier alpha value is 0.726. The van der Waals surface area contributed by atoms with E-state index in [1.807, 2.05) is 0 Å². The van der Waals surface area contributed by atoms with Crippen molar-refractivity contribution in [2.24, 2.45) is 0 Å². The van der Waals surface area contributed by atoms with E-state index in [1.165, 1.54) is 0 Å². The van der Waals surface area contributed by atoms with Crippen LogP contribution in [0.3, 0.4) is 0 Å². The van der Waals surface area contributed by atoms with Crippen LogP contribution in [0.1, 0.15) is 0 Å². The fraction of sp³-hybridized carbons (Fsp3) is 0. The van der Waals surface area contributed by atoms with E-state index in [1.54, 1.807) is 10.1 Å². The summed E-state index contributed by atoms with van der Waals surface area (Å²) in [5.74, 6) is 0. The van der Waals surface area contributed by atoms with Gasteiger partial charge in [-0.05, 0) is 0 Å². The summed E-state index contributed by atoms with van der Waals surface area (Å²) >= 11 is 0. The van der Waals surface area contributed by atoms with Crippen LogP contribution in [0, 0.1) is 0 Å². The van der Waals surface area contributed by atoms with Crippen molar-refractivity contribution in [1.82, 2.24) is 0 Å². The summed E-state index contributed by atoms with van der Waals surface area (Å²) in [5.41, 5.74) is 0. The van der Waals surface area contributed by atoms with Gasteiger partial charge >= 0.3 is 42.9 Å². The van der Waals surface area contributed by atoms with Crippen LogP contribution in [-0.2, 0) is 9.94 Å². The van der Waals surface area contributed by atoms with Crippen LogP contribution in [-0.4, -0.2) is 38.5 Å². The summed E-state index contributed by atoms with van der Waals surface area (Å²) in [6.07, 6.45) is 0. The third kappa shape index (κ3) is 66.6. The minimum atomic E-state index is 0. The van der Waals surface area contributed by atoms with E-state index in [4.69, 9.17) is 4.46 Å². The molecule has 0 spiro atoms. The second-order valence-corrected chi connectivity index (χ2v) is 0. The first-order valence-corrected chi connectivity index (χ1v) is 0.612. The molecule has 0 saturated heterocycles. The molecule has 0 aliphatic carbocycles. The molecule has 0 fully saturated rings. The maximum atomic E-state index is 8.06. The molecule has 16 valence electrons. The van der Waals surface area contributed by atoms with E-state index < -0.39 is 0 Å². The van der Waals surface area contributed by atoms with Crippen molar-refractivity contribution < 1.29 is 9.94 Å². The zero-order valence-electron chi connectivity index (χ0n) is 2.39. The summed E-state index contributed by atoms with van der Waals surface area (Å²) in [6.45, 7) is 0. The zero-order valence-corrected chi connectivity index (χ0v) is 5.55. The minimum absolute atomic E-state index is 0. The van der Waals surface area contributed by atoms with Crippen LogP contribution in [0.4, 0.5) is 0 Å². The van der Waals surface area contributed by atoms with Gasteiger partial charge < -0.3 is 5.48 Å². The van der Waals surface area contributed by atoms with Crippen molar-refractivity contribution in [3.8, 4) is 0 Å². The van der Waals surface area contributed by atoms with Gasteiger partial charge in [0.1, 0.15) is 0 Å². The van der Waals surface area contributed by atoms with E-state index in [-0.39, 0.29) is 33.8 Å². The van der Waals surface area contributed by atoms with E-state index in [0.717, 1.165) is 0 Å². The van der Waals surface area contributed by atoms with Crippen LogP contribution < -0.4 is 0 Å². The van der Waals surface area contributed by atoms with Gasteiger partial charge in [-0.3, -0.25) is 0 Å². The fourth-order valence-corrected chi connectivity index (χ4v) is 0. The molecule has 0 heterocycles. The fourth-order valence-electron chi connectivity index (χ4n) is 0. The Morgan fingerprint density at radius 2 is 1.20 bits per heavy atom. The third-order valence-corrected chi connectivity index (χ3v) is 0. The second kappa shape index (κ2) is 124. The summed E-state index contributed by atoms with van der Waals surface area (Å²) in [6, 6.07) is 0. The maximum Gasteiger partial charge on any atom is 4.00 e. The van der Waals surface area contributed by atoms with Crippen LogP contribution in [0.25, 0.3) is 0 Å². The smallest absolute Gasteiger partial charge is 2.00 e. The molecule has 0 amide bonds.